The number of phosphoric ester groups is 1. The molecule has 0 aliphatic carbocycles. The molecule has 0 N–H and O–H groups in total. The molecule has 0 aliphatic rings. The monoisotopic (exact) mass is 926 g/mol. The predicted octanol–water partition coefficient (Wildman–Crippen LogP) is 15.6. The summed E-state index contributed by atoms with van der Waals surface area (Å²) in [6.45, 7) is 4.25. The lowest BCUT2D eigenvalue weighted by atomic mass is 10.0. The fraction of sp³-hybridized carbons (Fsp3) is 0.889. The number of esters is 2. The predicted molar refractivity (Wildman–Crippen MR) is 268 cm³/mol. The van der Waals surface area contributed by atoms with Crippen LogP contribution in [0.1, 0.15) is 258 Å². The molecule has 0 aromatic heterocycles. The highest BCUT2D eigenvalue weighted by molar-refractivity contribution is 7.45. The maximum absolute atomic E-state index is 12.7. The SMILES string of the molecule is CCCCCCC/C=C\C/C=C\CCCCCCCCCCCCCCCCCCCC(=O)OC(COC(=O)CCCCCCCCCCCCC)COP(=O)([O-])OCC[N+](C)(C)C. The standard InChI is InChI=1S/C54H104NO8P/c1-6-8-10-12-14-16-18-19-20-21-22-23-24-25-26-27-28-29-30-31-32-33-34-35-37-39-41-43-45-47-54(57)63-52(51-62-64(58,59)61-49-48-55(3,4)5)50-60-53(56)46-44-42-40-38-36-17-15-13-11-9-7-2/h18-19,21-22,52H,6-17,20,23-51H2,1-5H3/b19-18-,22-21-. The van der Waals surface area contributed by atoms with Gasteiger partial charge in [0.15, 0.2) is 6.10 Å². The highest BCUT2D eigenvalue weighted by Gasteiger charge is 2.21. The zero-order valence-corrected chi connectivity index (χ0v) is 43.6. The molecule has 0 saturated carbocycles. The number of likely N-dealkylation sites (N-methyl/N-ethyl adjacent to an activating group) is 1. The van der Waals surface area contributed by atoms with Gasteiger partial charge in [0.2, 0.25) is 0 Å². The van der Waals surface area contributed by atoms with E-state index in [9.17, 15) is 19.0 Å². The summed E-state index contributed by atoms with van der Waals surface area (Å²) < 4.78 is 34.0. The lowest BCUT2D eigenvalue weighted by molar-refractivity contribution is -0.870. The first-order valence-electron chi connectivity index (χ1n) is 27.0. The molecule has 2 unspecified atom stereocenters. The number of quaternary nitrogens is 1. The van der Waals surface area contributed by atoms with Crippen LogP contribution in [0.2, 0.25) is 0 Å². The van der Waals surface area contributed by atoms with Crippen LogP contribution in [0, 0.1) is 0 Å². The van der Waals surface area contributed by atoms with Crippen molar-refractivity contribution in [2.45, 2.75) is 264 Å². The van der Waals surface area contributed by atoms with E-state index in [1.165, 1.54) is 186 Å². The van der Waals surface area contributed by atoms with E-state index >= 15 is 0 Å². The molecule has 0 aromatic rings. The van der Waals surface area contributed by atoms with Gasteiger partial charge in [-0.15, -0.1) is 0 Å². The Morgan fingerprint density at radius 1 is 0.484 bits per heavy atom. The summed E-state index contributed by atoms with van der Waals surface area (Å²) >= 11 is 0. The molecule has 378 valence electrons. The lowest BCUT2D eigenvalue weighted by Gasteiger charge is -2.28. The fourth-order valence-electron chi connectivity index (χ4n) is 7.75. The molecule has 0 aliphatic heterocycles. The second kappa shape index (κ2) is 46.6. The van der Waals surface area contributed by atoms with Crippen molar-refractivity contribution in [1.29, 1.82) is 0 Å². The molecular weight excluding hydrogens is 822 g/mol. The maximum Gasteiger partial charge on any atom is 0.306 e. The van der Waals surface area contributed by atoms with Gasteiger partial charge in [0.05, 0.1) is 27.7 Å². The van der Waals surface area contributed by atoms with Gasteiger partial charge in [0, 0.05) is 12.8 Å². The van der Waals surface area contributed by atoms with Crippen LogP contribution in [0.5, 0.6) is 0 Å². The molecule has 0 fully saturated rings. The quantitative estimate of drug-likeness (QED) is 0.0195. The van der Waals surface area contributed by atoms with E-state index < -0.39 is 26.5 Å². The highest BCUT2D eigenvalue weighted by Crippen LogP contribution is 2.38. The Morgan fingerprint density at radius 2 is 0.844 bits per heavy atom. The molecule has 2 atom stereocenters. The first-order chi connectivity index (χ1) is 31.0. The molecule has 0 spiro atoms. The first kappa shape index (κ1) is 62.5. The Morgan fingerprint density at radius 3 is 1.23 bits per heavy atom. The van der Waals surface area contributed by atoms with Crippen LogP contribution < -0.4 is 4.89 Å². The van der Waals surface area contributed by atoms with Crippen molar-refractivity contribution < 1.29 is 42.1 Å². The van der Waals surface area contributed by atoms with Crippen molar-refractivity contribution >= 4 is 19.8 Å². The minimum absolute atomic E-state index is 0.0277. The van der Waals surface area contributed by atoms with Crippen LogP contribution in [-0.4, -0.2) is 70.0 Å². The molecular formula is C54H104NO8P. The average molecular weight is 926 g/mol. The molecule has 0 aromatic carbocycles. The summed E-state index contributed by atoms with van der Waals surface area (Å²) in [6, 6.07) is 0. The van der Waals surface area contributed by atoms with Gasteiger partial charge < -0.3 is 27.9 Å². The number of hydrogen-bond donors (Lipinski definition) is 0. The molecule has 0 saturated heterocycles. The molecule has 9 nitrogen and oxygen atoms in total. The molecule has 64 heavy (non-hydrogen) atoms. The van der Waals surface area contributed by atoms with Crippen molar-refractivity contribution in [1.82, 2.24) is 0 Å². The summed E-state index contributed by atoms with van der Waals surface area (Å²) in [5, 5.41) is 0. The molecule has 0 bridgehead atoms. The van der Waals surface area contributed by atoms with E-state index in [0.29, 0.717) is 17.4 Å². The van der Waals surface area contributed by atoms with Gasteiger partial charge in [0.1, 0.15) is 19.8 Å². The van der Waals surface area contributed by atoms with Crippen LogP contribution in [0.25, 0.3) is 0 Å². The normalized spacial score (nSPS) is 13.5. The fourth-order valence-corrected chi connectivity index (χ4v) is 8.48. The third kappa shape index (κ3) is 49.9. The number of hydrogen-bond acceptors (Lipinski definition) is 8. The van der Waals surface area contributed by atoms with Crippen molar-refractivity contribution in [2.75, 3.05) is 47.5 Å². The molecule has 0 rings (SSSR count). The molecule has 10 heteroatoms. The summed E-state index contributed by atoms with van der Waals surface area (Å²) in [5.41, 5.74) is 0. The van der Waals surface area contributed by atoms with Crippen molar-refractivity contribution in [3.63, 3.8) is 0 Å². The van der Waals surface area contributed by atoms with E-state index in [2.05, 4.69) is 38.2 Å². The molecule has 0 amide bonds. The highest BCUT2D eigenvalue weighted by atomic mass is 31.2. The third-order valence-electron chi connectivity index (χ3n) is 12.0. The van der Waals surface area contributed by atoms with E-state index in [1.807, 2.05) is 21.1 Å². The van der Waals surface area contributed by atoms with Crippen LogP contribution >= 0.6 is 7.82 Å². The van der Waals surface area contributed by atoms with Crippen LogP contribution in [0.3, 0.4) is 0 Å². The minimum atomic E-state index is -4.62. The smallest absolute Gasteiger partial charge is 0.306 e. The van der Waals surface area contributed by atoms with Gasteiger partial charge in [-0.25, -0.2) is 0 Å². The van der Waals surface area contributed by atoms with Crippen LogP contribution in [0.4, 0.5) is 0 Å². The number of unbranched alkanes of at least 4 members (excludes halogenated alkanes) is 32. The number of ether oxygens (including phenoxy) is 2. The minimum Gasteiger partial charge on any atom is -0.756 e. The number of rotatable bonds is 50. The average Bonchev–Trinajstić information content (AvgIpc) is 3.25. The van der Waals surface area contributed by atoms with E-state index in [0.717, 1.165) is 38.5 Å². The Bertz CT molecular complexity index is 1140. The largest absolute Gasteiger partial charge is 0.756 e. The topological polar surface area (TPSA) is 111 Å². The molecule has 0 radical (unpaired) electrons. The first-order valence-corrected chi connectivity index (χ1v) is 28.5. The summed E-state index contributed by atoms with van der Waals surface area (Å²) in [4.78, 5) is 37.6. The van der Waals surface area contributed by atoms with Gasteiger partial charge in [-0.1, -0.05) is 224 Å². The Hall–Kier alpha value is -1.51. The number of carbonyl (C=O) groups excluding carboxylic acids is 2. The third-order valence-corrected chi connectivity index (χ3v) is 12.9. The second-order valence-electron chi connectivity index (χ2n) is 19.6. The zero-order valence-electron chi connectivity index (χ0n) is 42.7. The van der Waals surface area contributed by atoms with E-state index in [1.54, 1.807) is 0 Å². The van der Waals surface area contributed by atoms with E-state index in [4.69, 9.17) is 18.5 Å². The number of carbonyl (C=O) groups is 2. The van der Waals surface area contributed by atoms with Crippen LogP contribution in [-0.2, 0) is 32.7 Å². The Balaban J connectivity index is 4.04. The van der Waals surface area contributed by atoms with Gasteiger partial charge in [-0.3, -0.25) is 14.2 Å². The number of phosphoric acid groups is 1. The van der Waals surface area contributed by atoms with Crippen molar-refractivity contribution in [3.8, 4) is 0 Å². The van der Waals surface area contributed by atoms with Gasteiger partial charge in [-0.05, 0) is 44.9 Å². The van der Waals surface area contributed by atoms with E-state index in [-0.39, 0.29) is 32.0 Å². The van der Waals surface area contributed by atoms with Crippen molar-refractivity contribution in [2.24, 2.45) is 0 Å². The lowest BCUT2D eigenvalue weighted by Crippen LogP contribution is -2.37. The second-order valence-corrected chi connectivity index (χ2v) is 21.0. The van der Waals surface area contributed by atoms with Crippen LogP contribution in [0.15, 0.2) is 24.3 Å². The van der Waals surface area contributed by atoms with Gasteiger partial charge in [-0.2, -0.15) is 0 Å². The molecule has 0 heterocycles. The van der Waals surface area contributed by atoms with Gasteiger partial charge in [0.25, 0.3) is 7.82 Å². The van der Waals surface area contributed by atoms with Gasteiger partial charge >= 0.3 is 11.9 Å². The summed E-state index contributed by atoms with van der Waals surface area (Å²) in [7, 11) is 1.18. The Kier molecular flexibility index (Phi) is 45.5. The zero-order chi connectivity index (χ0) is 47.1. The number of nitrogens with zero attached hydrogens (tertiary/aromatic N) is 1. The summed E-state index contributed by atoms with van der Waals surface area (Å²) in [5.74, 6) is -0.822. The summed E-state index contributed by atoms with van der Waals surface area (Å²) in [6.07, 6.45) is 53.7. The maximum atomic E-state index is 12.7. The number of allylic oxidation sites excluding steroid dienone is 4. The Labute approximate surface area is 396 Å². The van der Waals surface area contributed by atoms with Crippen molar-refractivity contribution in [3.05, 3.63) is 24.3 Å².